The number of ether oxygens (including phenoxy) is 5. The molecule has 236 valence electrons. The lowest BCUT2D eigenvalue weighted by Gasteiger charge is -2.44. The topological polar surface area (TPSA) is 150 Å². The average Bonchev–Trinajstić information content (AvgIpc) is 3.56. The third-order valence-corrected chi connectivity index (χ3v) is 7.02. The van der Waals surface area contributed by atoms with E-state index in [2.05, 4.69) is 5.10 Å². The number of nitrogens with zero attached hydrogens (tertiary/aromatic N) is 4. The lowest BCUT2D eigenvalue weighted by Crippen LogP contribution is -2.60. The first-order valence-electron chi connectivity index (χ1n) is 14.3. The van der Waals surface area contributed by atoms with Crippen molar-refractivity contribution < 1.29 is 42.9 Å². The molecule has 0 amide bonds. The van der Waals surface area contributed by atoms with Crippen LogP contribution < -0.4 is 0 Å². The highest BCUT2D eigenvalue weighted by molar-refractivity contribution is 5.68. The molecule has 1 aromatic carbocycles. The second kappa shape index (κ2) is 13.8. The Balaban J connectivity index is 1.72. The van der Waals surface area contributed by atoms with Gasteiger partial charge in [-0.1, -0.05) is 38.1 Å². The maximum absolute atomic E-state index is 12.3. The van der Waals surface area contributed by atoms with Crippen LogP contribution in [0.3, 0.4) is 0 Å². The predicted octanol–water partition coefficient (Wildman–Crippen LogP) is 3.25. The number of hydrogen-bond acceptors (Lipinski definition) is 11. The minimum absolute atomic E-state index is 0.0669. The zero-order valence-electron chi connectivity index (χ0n) is 25.9. The Labute approximate surface area is 255 Å². The van der Waals surface area contributed by atoms with Gasteiger partial charge in [-0.15, -0.1) is 0 Å². The zero-order chi connectivity index (χ0) is 32.1. The molecule has 2 aromatic heterocycles. The summed E-state index contributed by atoms with van der Waals surface area (Å²) in [7, 11) is 1.87. The van der Waals surface area contributed by atoms with Gasteiger partial charge in [0.05, 0.1) is 11.4 Å². The molecule has 0 saturated carbocycles. The lowest BCUT2D eigenvalue weighted by molar-refractivity contribution is -0.270. The average molecular weight is 611 g/mol. The first-order valence-corrected chi connectivity index (χ1v) is 14.3. The lowest BCUT2D eigenvalue weighted by atomic mass is 9.97. The fraction of sp³-hybridized carbons (Fsp3) is 0.484. The standard InChI is InChI=1S/C31H38N4O9/c1-17(2)24-15-35(33-26(24)14-22-8-10-23(11-9-22)25-12-13-34(7)32-25)31-30(43-21(6)39)29(42-20(5)38)28(41-19(4)37)27(44-31)16-40-18(3)36/h8-13,15,17,27-31H,14,16H2,1-7H3/t27-,28-,29+,30-,31-/m1/s1. The summed E-state index contributed by atoms with van der Waals surface area (Å²) in [6, 6.07) is 9.98. The Kier molecular flexibility index (Phi) is 10.2. The van der Waals surface area contributed by atoms with E-state index in [9.17, 15) is 19.2 Å². The van der Waals surface area contributed by atoms with E-state index in [1.54, 1.807) is 10.9 Å². The summed E-state index contributed by atoms with van der Waals surface area (Å²) >= 11 is 0. The van der Waals surface area contributed by atoms with E-state index in [1.165, 1.54) is 32.4 Å². The molecule has 0 spiro atoms. The van der Waals surface area contributed by atoms with Crippen LogP contribution in [0.1, 0.15) is 70.5 Å². The van der Waals surface area contributed by atoms with Gasteiger partial charge in [0.2, 0.25) is 0 Å². The number of carbonyl (C=O) groups is 4. The summed E-state index contributed by atoms with van der Waals surface area (Å²) in [4.78, 5) is 48.2. The van der Waals surface area contributed by atoms with E-state index < -0.39 is 54.5 Å². The minimum Gasteiger partial charge on any atom is -0.463 e. The van der Waals surface area contributed by atoms with Gasteiger partial charge in [0.1, 0.15) is 12.7 Å². The molecule has 1 saturated heterocycles. The third kappa shape index (κ3) is 7.90. The molecular weight excluding hydrogens is 572 g/mol. The SMILES string of the molecule is CC(=O)OC[C@H]1O[C@@H](n2cc(C(C)C)c(Cc3ccc(-c4ccn(C)n4)cc3)n2)[C@H](OC(C)=O)[C@@H](OC(C)=O)[C@@H]1OC(C)=O. The number of hydrogen-bond donors (Lipinski definition) is 0. The fourth-order valence-electron chi connectivity index (χ4n) is 5.17. The molecule has 4 rings (SSSR count). The van der Waals surface area contributed by atoms with Crippen LogP contribution in [0.25, 0.3) is 11.3 Å². The van der Waals surface area contributed by atoms with Crippen molar-refractivity contribution >= 4 is 23.9 Å². The van der Waals surface area contributed by atoms with Crippen molar-refractivity contribution in [3.05, 3.63) is 59.5 Å². The number of esters is 4. The van der Waals surface area contributed by atoms with Crippen molar-refractivity contribution in [1.29, 1.82) is 0 Å². The van der Waals surface area contributed by atoms with Crippen LogP contribution in [0.5, 0.6) is 0 Å². The van der Waals surface area contributed by atoms with Crippen molar-refractivity contribution in [2.24, 2.45) is 7.05 Å². The van der Waals surface area contributed by atoms with Gasteiger partial charge in [-0.25, -0.2) is 4.68 Å². The van der Waals surface area contributed by atoms with E-state index in [-0.39, 0.29) is 12.5 Å². The molecule has 13 nitrogen and oxygen atoms in total. The van der Waals surface area contributed by atoms with Crippen molar-refractivity contribution in [3.63, 3.8) is 0 Å². The first-order chi connectivity index (χ1) is 20.8. The molecule has 44 heavy (non-hydrogen) atoms. The molecule has 0 unspecified atom stereocenters. The van der Waals surface area contributed by atoms with Gasteiger partial charge in [0.25, 0.3) is 0 Å². The second-order valence-corrected chi connectivity index (χ2v) is 11.0. The molecule has 0 N–H and O–H groups in total. The number of aryl methyl sites for hydroxylation is 1. The Morgan fingerprint density at radius 1 is 0.841 bits per heavy atom. The van der Waals surface area contributed by atoms with Gasteiger partial charge in [0, 0.05) is 59.1 Å². The normalized spacial score (nSPS) is 21.5. The highest BCUT2D eigenvalue weighted by Gasteiger charge is 2.53. The molecule has 3 aromatic rings. The van der Waals surface area contributed by atoms with E-state index in [4.69, 9.17) is 28.8 Å². The smallest absolute Gasteiger partial charge is 0.303 e. The molecule has 3 heterocycles. The molecule has 13 heteroatoms. The van der Waals surface area contributed by atoms with Gasteiger partial charge in [-0.3, -0.25) is 23.9 Å². The van der Waals surface area contributed by atoms with E-state index >= 15 is 0 Å². The summed E-state index contributed by atoms with van der Waals surface area (Å²) in [6.07, 6.45) is -1.79. The van der Waals surface area contributed by atoms with Gasteiger partial charge in [-0.2, -0.15) is 10.2 Å². The number of aromatic nitrogens is 4. The molecule has 1 aliphatic heterocycles. The summed E-state index contributed by atoms with van der Waals surface area (Å²) in [5.41, 5.74) is 4.56. The van der Waals surface area contributed by atoms with Gasteiger partial charge >= 0.3 is 23.9 Å². The van der Waals surface area contributed by atoms with E-state index in [0.29, 0.717) is 6.42 Å². The first kappa shape index (κ1) is 32.4. The molecule has 0 radical (unpaired) electrons. The Bertz CT molecular complexity index is 1490. The van der Waals surface area contributed by atoms with Gasteiger partial charge < -0.3 is 23.7 Å². The maximum atomic E-state index is 12.3. The number of carbonyl (C=O) groups excluding carboxylic acids is 4. The van der Waals surface area contributed by atoms with Crippen LogP contribution in [-0.4, -0.2) is 74.5 Å². The highest BCUT2D eigenvalue weighted by Crippen LogP contribution is 2.36. The molecule has 0 aliphatic carbocycles. The summed E-state index contributed by atoms with van der Waals surface area (Å²) in [6.45, 7) is 8.54. The highest BCUT2D eigenvalue weighted by atomic mass is 16.7. The molecule has 1 aliphatic rings. The van der Waals surface area contributed by atoms with Crippen LogP contribution >= 0.6 is 0 Å². The summed E-state index contributed by atoms with van der Waals surface area (Å²) in [5, 5.41) is 9.30. The Morgan fingerprint density at radius 2 is 1.45 bits per heavy atom. The van der Waals surface area contributed by atoms with Crippen LogP contribution in [0, 0.1) is 0 Å². The Morgan fingerprint density at radius 3 is 2.00 bits per heavy atom. The second-order valence-electron chi connectivity index (χ2n) is 11.0. The van der Waals surface area contributed by atoms with Gasteiger partial charge in [-0.05, 0) is 23.1 Å². The molecule has 0 bridgehead atoms. The van der Waals surface area contributed by atoms with E-state index in [0.717, 1.165) is 28.1 Å². The van der Waals surface area contributed by atoms with Gasteiger partial charge in [0.15, 0.2) is 24.5 Å². The quantitative estimate of drug-likeness (QED) is 0.246. The number of benzene rings is 1. The predicted molar refractivity (Wildman–Crippen MR) is 155 cm³/mol. The fourth-order valence-corrected chi connectivity index (χ4v) is 5.17. The zero-order valence-corrected chi connectivity index (χ0v) is 25.9. The van der Waals surface area contributed by atoms with Crippen LogP contribution in [0.15, 0.2) is 42.7 Å². The minimum atomic E-state index is -1.28. The summed E-state index contributed by atoms with van der Waals surface area (Å²) in [5.74, 6) is -2.59. The van der Waals surface area contributed by atoms with Crippen molar-refractivity contribution in [2.75, 3.05) is 6.61 Å². The molecule has 1 fully saturated rings. The third-order valence-electron chi connectivity index (χ3n) is 7.02. The van der Waals surface area contributed by atoms with Crippen molar-refractivity contribution in [3.8, 4) is 11.3 Å². The van der Waals surface area contributed by atoms with Crippen LogP contribution in [-0.2, 0) is 56.3 Å². The van der Waals surface area contributed by atoms with Crippen molar-refractivity contribution in [1.82, 2.24) is 19.6 Å². The number of rotatable bonds is 10. The largest absolute Gasteiger partial charge is 0.463 e. The maximum Gasteiger partial charge on any atom is 0.303 e. The van der Waals surface area contributed by atoms with Crippen LogP contribution in [0.2, 0.25) is 0 Å². The van der Waals surface area contributed by atoms with Crippen molar-refractivity contribution in [2.45, 2.75) is 84.5 Å². The molecule has 5 atom stereocenters. The van der Waals surface area contributed by atoms with Crippen LogP contribution in [0.4, 0.5) is 0 Å². The summed E-state index contributed by atoms with van der Waals surface area (Å²) < 4.78 is 31.4. The Hall–Kier alpha value is -4.52. The molecular formula is C31H38N4O9. The van der Waals surface area contributed by atoms with E-state index in [1.807, 2.05) is 57.4 Å². The monoisotopic (exact) mass is 610 g/mol.